The molecule has 0 aliphatic carbocycles. The molecule has 0 atom stereocenters. The minimum Gasteiger partial charge on any atom is -0.385 e. The van der Waals surface area contributed by atoms with Gasteiger partial charge in [0.15, 0.2) is 0 Å². The Morgan fingerprint density at radius 1 is 1.36 bits per heavy atom. The Labute approximate surface area is 69.2 Å². The molecule has 2 nitrogen and oxygen atoms in total. The van der Waals surface area contributed by atoms with Gasteiger partial charge >= 0.3 is 0 Å². The largest absolute Gasteiger partial charge is 0.385 e. The molecule has 0 rings (SSSR count). The number of ether oxygens (including phenoxy) is 1. The van der Waals surface area contributed by atoms with Gasteiger partial charge in [-0.2, -0.15) is 5.26 Å². The molecule has 0 heterocycles. The van der Waals surface area contributed by atoms with E-state index < -0.39 is 0 Å². The van der Waals surface area contributed by atoms with Crippen LogP contribution in [0.2, 0.25) is 0 Å². The van der Waals surface area contributed by atoms with Gasteiger partial charge in [-0.25, -0.2) is 0 Å². The standard InChI is InChI=1S/C9H17NO/c1-9(2,8-10)6-4-5-7-11-3/h4-7H2,1-3H3. The van der Waals surface area contributed by atoms with Crippen LogP contribution in [0.5, 0.6) is 0 Å². The number of nitrogens with zero attached hydrogens (tertiary/aromatic N) is 1. The second kappa shape index (κ2) is 5.15. The van der Waals surface area contributed by atoms with Gasteiger partial charge in [-0.05, 0) is 33.1 Å². The van der Waals surface area contributed by atoms with Crippen molar-refractivity contribution >= 4 is 0 Å². The first kappa shape index (κ1) is 10.4. The Morgan fingerprint density at radius 2 is 2.00 bits per heavy atom. The molecule has 0 saturated heterocycles. The zero-order chi connectivity index (χ0) is 8.74. The quantitative estimate of drug-likeness (QED) is 0.571. The highest BCUT2D eigenvalue weighted by Gasteiger charge is 2.14. The zero-order valence-electron chi connectivity index (χ0n) is 7.68. The third-order valence-corrected chi connectivity index (χ3v) is 1.70. The molecule has 11 heavy (non-hydrogen) atoms. The van der Waals surface area contributed by atoms with Crippen LogP contribution in [0.15, 0.2) is 0 Å². The van der Waals surface area contributed by atoms with Crippen LogP contribution >= 0.6 is 0 Å². The lowest BCUT2D eigenvalue weighted by atomic mass is 9.89. The molecule has 0 aromatic carbocycles. The molecule has 0 amide bonds. The average molecular weight is 155 g/mol. The van der Waals surface area contributed by atoms with Crippen molar-refractivity contribution in [2.75, 3.05) is 13.7 Å². The second-order valence-electron chi connectivity index (χ2n) is 3.45. The monoisotopic (exact) mass is 155 g/mol. The molecular formula is C9H17NO. The maximum Gasteiger partial charge on any atom is 0.0683 e. The van der Waals surface area contributed by atoms with Gasteiger partial charge in [0.2, 0.25) is 0 Å². The Bertz CT molecular complexity index is 135. The Morgan fingerprint density at radius 3 is 2.45 bits per heavy atom. The molecular weight excluding hydrogens is 138 g/mol. The maximum atomic E-state index is 8.67. The minimum atomic E-state index is -0.159. The predicted molar refractivity (Wildman–Crippen MR) is 45.1 cm³/mol. The second-order valence-corrected chi connectivity index (χ2v) is 3.45. The summed E-state index contributed by atoms with van der Waals surface area (Å²) in [6.45, 7) is 4.75. The van der Waals surface area contributed by atoms with Crippen molar-refractivity contribution < 1.29 is 4.74 Å². The summed E-state index contributed by atoms with van der Waals surface area (Å²) in [6, 6.07) is 2.28. The summed E-state index contributed by atoms with van der Waals surface area (Å²) in [5, 5.41) is 8.67. The van der Waals surface area contributed by atoms with E-state index in [0.717, 1.165) is 25.9 Å². The van der Waals surface area contributed by atoms with Gasteiger partial charge in [-0.3, -0.25) is 0 Å². The third-order valence-electron chi connectivity index (χ3n) is 1.70. The maximum absolute atomic E-state index is 8.67. The Balaban J connectivity index is 3.32. The van der Waals surface area contributed by atoms with Crippen LogP contribution in [-0.2, 0) is 4.74 Å². The molecule has 2 heteroatoms. The van der Waals surface area contributed by atoms with Gasteiger partial charge in [-0.1, -0.05) is 0 Å². The Hall–Kier alpha value is -0.550. The van der Waals surface area contributed by atoms with Gasteiger partial charge in [0.25, 0.3) is 0 Å². The molecule has 0 unspecified atom stereocenters. The fourth-order valence-corrected chi connectivity index (χ4v) is 0.869. The summed E-state index contributed by atoms with van der Waals surface area (Å²) in [4.78, 5) is 0. The first-order chi connectivity index (χ1) is 5.12. The molecule has 64 valence electrons. The highest BCUT2D eigenvalue weighted by atomic mass is 16.5. The van der Waals surface area contributed by atoms with Crippen LogP contribution in [-0.4, -0.2) is 13.7 Å². The lowest BCUT2D eigenvalue weighted by Crippen LogP contribution is -2.07. The molecule has 0 N–H and O–H groups in total. The summed E-state index contributed by atoms with van der Waals surface area (Å²) >= 11 is 0. The van der Waals surface area contributed by atoms with Crippen LogP contribution < -0.4 is 0 Å². The van der Waals surface area contributed by atoms with E-state index in [9.17, 15) is 0 Å². The molecule has 0 radical (unpaired) electrons. The summed E-state index contributed by atoms with van der Waals surface area (Å²) in [7, 11) is 1.70. The van der Waals surface area contributed by atoms with E-state index in [4.69, 9.17) is 10.00 Å². The van der Waals surface area contributed by atoms with E-state index in [-0.39, 0.29) is 5.41 Å². The van der Waals surface area contributed by atoms with Gasteiger partial charge in [0.05, 0.1) is 11.5 Å². The molecule has 0 fully saturated rings. The van der Waals surface area contributed by atoms with E-state index in [1.54, 1.807) is 7.11 Å². The number of rotatable bonds is 5. The molecule has 0 bridgehead atoms. The molecule has 0 aromatic heterocycles. The van der Waals surface area contributed by atoms with E-state index >= 15 is 0 Å². The van der Waals surface area contributed by atoms with Crippen molar-refractivity contribution in [2.24, 2.45) is 5.41 Å². The summed E-state index contributed by atoms with van der Waals surface area (Å²) in [6.07, 6.45) is 3.10. The topological polar surface area (TPSA) is 33.0 Å². The predicted octanol–water partition coefficient (Wildman–Crippen LogP) is 2.35. The molecule has 0 aliphatic rings. The van der Waals surface area contributed by atoms with Gasteiger partial charge in [0.1, 0.15) is 0 Å². The van der Waals surface area contributed by atoms with Gasteiger partial charge < -0.3 is 4.74 Å². The Kier molecular flexibility index (Phi) is 4.89. The van der Waals surface area contributed by atoms with Crippen LogP contribution in [0.1, 0.15) is 33.1 Å². The highest BCUT2D eigenvalue weighted by Crippen LogP contribution is 2.21. The molecule has 0 saturated carbocycles. The minimum absolute atomic E-state index is 0.159. The smallest absolute Gasteiger partial charge is 0.0683 e. The van der Waals surface area contributed by atoms with Crippen LogP contribution in [0.4, 0.5) is 0 Å². The number of hydrogen-bond acceptors (Lipinski definition) is 2. The first-order valence-electron chi connectivity index (χ1n) is 4.02. The van der Waals surface area contributed by atoms with Crippen molar-refractivity contribution in [1.29, 1.82) is 5.26 Å². The van der Waals surface area contributed by atoms with Crippen LogP contribution in [0.25, 0.3) is 0 Å². The van der Waals surface area contributed by atoms with Gasteiger partial charge in [-0.15, -0.1) is 0 Å². The molecule has 0 aromatic rings. The number of unbranched alkanes of at least 4 members (excludes halogenated alkanes) is 1. The molecule has 0 aliphatic heterocycles. The lowest BCUT2D eigenvalue weighted by molar-refractivity contribution is 0.189. The summed E-state index contributed by atoms with van der Waals surface area (Å²) in [5.74, 6) is 0. The van der Waals surface area contributed by atoms with Crippen molar-refractivity contribution in [3.63, 3.8) is 0 Å². The normalized spacial score (nSPS) is 11.1. The first-order valence-corrected chi connectivity index (χ1v) is 4.02. The van der Waals surface area contributed by atoms with Crippen molar-refractivity contribution in [3.8, 4) is 6.07 Å². The third kappa shape index (κ3) is 5.87. The number of methoxy groups -OCH3 is 1. The molecule has 0 spiro atoms. The van der Waals surface area contributed by atoms with E-state index in [1.165, 1.54) is 0 Å². The van der Waals surface area contributed by atoms with E-state index in [0.29, 0.717) is 0 Å². The number of nitriles is 1. The fourth-order valence-electron chi connectivity index (χ4n) is 0.869. The summed E-state index contributed by atoms with van der Waals surface area (Å²) in [5.41, 5.74) is -0.159. The van der Waals surface area contributed by atoms with Crippen molar-refractivity contribution in [3.05, 3.63) is 0 Å². The van der Waals surface area contributed by atoms with Crippen molar-refractivity contribution in [2.45, 2.75) is 33.1 Å². The lowest BCUT2D eigenvalue weighted by Gasteiger charge is -2.13. The van der Waals surface area contributed by atoms with Crippen molar-refractivity contribution in [1.82, 2.24) is 0 Å². The fraction of sp³-hybridized carbons (Fsp3) is 0.889. The van der Waals surface area contributed by atoms with E-state index in [1.807, 2.05) is 13.8 Å². The zero-order valence-corrected chi connectivity index (χ0v) is 7.68. The van der Waals surface area contributed by atoms with Gasteiger partial charge in [0, 0.05) is 13.7 Å². The summed E-state index contributed by atoms with van der Waals surface area (Å²) < 4.78 is 4.91. The average Bonchev–Trinajstić information content (AvgIpc) is 1.99. The SMILES string of the molecule is COCCCCC(C)(C)C#N. The number of hydrogen-bond donors (Lipinski definition) is 0. The van der Waals surface area contributed by atoms with Crippen LogP contribution in [0.3, 0.4) is 0 Å². The van der Waals surface area contributed by atoms with Crippen LogP contribution in [0, 0.1) is 16.7 Å². The highest BCUT2D eigenvalue weighted by molar-refractivity contribution is 4.91. The van der Waals surface area contributed by atoms with E-state index in [2.05, 4.69) is 6.07 Å².